The lowest BCUT2D eigenvalue weighted by Crippen LogP contribution is -2.31. The summed E-state index contributed by atoms with van der Waals surface area (Å²) in [5.74, 6) is 0. The van der Waals surface area contributed by atoms with Crippen molar-refractivity contribution in [2.45, 2.75) is 12.5 Å². The number of likely N-dealkylation sites (N-methyl/N-ethyl adjacent to an activating group) is 1. The van der Waals surface area contributed by atoms with Gasteiger partial charge in [0, 0.05) is 13.7 Å². The van der Waals surface area contributed by atoms with Gasteiger partial charge in [-0.1, -0.05) is 10.2 Å². The number of hydrogen-bond donors (Lipinski definition) is 1. The smallest absolute Gasteiger partial charge is 0.319 e. The predicted molar refractivity (Wildman–Crippen MR) is 46.3 cm³/mol. The molecule has 0 bridgehead atoms. The Labute approximate surface area is 75.7 Å². The molecule has 2 heterocycles. The van der Waals surface area contributed by atoms with E-state index in [9.17, 15) is 0 Å². The van der Waals surface area contributed by atoms with E-state index in [2.05, 4.69) is 10.2 Å². The summed E-state index contributed by atoms with van der Waals surface area (Å²) in [6, 6.07) is 0.869. The topological polar surface area (TPSA) is 77.4 Å². The van der Waals surface area contributed by atoms with Gasteiger partial charge >= 0.3 is 12.0 Å². The Hall–Kier alpha value is -1.30. The van der Waals surface area contributed by atoms with Crippen LogP contribution in [0.2, 0.25) is 0 Å². The number of nitrogens with two attached hydrogens (primary N) is 1. The summed E-state index contributed by atoms with van der Waals surface area (Å²) >= 11 is 0. The summed E-state index contributed by atoms with van der Waals surface area (Å²) in [5.41, 5.74) is 5.32. The quantitative estimate of drug-likeness (QED) is 0.690. The monoisotopic (exact) mass is 184 g/mol. The fourth-order valence-electron chi connectivity index (χ4n) is 1.35. The van der Waals surface area contributed by atoms with Crippen LogP contribution < -0.4 is 10.6 Å². The number of rotatable bonds is 2. The molecule has 0 amide bonds. The van der Waals surface area contributed by atoms with Crippen LogP contribution in [0, 0.1) is 0 Å². The van der Waals surface area contributed by atoms with Crippen molar-refractivity contribution in [1.29, 1.82) is 0 Å². The molecule has 6 heteroatoms. The first kappa shape index (κ1) is 8.31. The summed E-state index contributed by atoms with van der Waals surface area (Å²) in [6.45, 7) is 1.50. The average molecular weight is 184 g/mol. The zero-order chi connectivity index (χ0) is 9.26. The first-order valence-electron chi connectivity index (χ1n) is 4.17. The van der Waals surface area contributed by atoms with Crippen LogP contribution in [0.5, 0.6) is 0 Å². The molecule has 72 valence electrons. The van der Waals surface area contributed by atoms with E-state index in [1.807, 2.05) is 11.9 Å². The molecule has 1 unspecified atom stereocenters. The number of anilines is 2. The van der Waals surface area contributed by atoms with Gasteiger partial charge in [-0.05, 0) is 6.42 Å². The minimum Gasteiger partial charge on any atom is -0.390 e. The van der Waals surface area contributed by atoms with E-state index in [1.54, 1.807) is 0 Å². The van der Waals surface area contributed by atoms with Crippen molar-refractivity contribution in [2.24, 2.45) is 0 Å². The molecule has 2 rings (SSSR count). The molecular weight excluding hydrogens is 172 g/mol. The molecule has 1 saturated heterocycles. The Morgan fingerprint density at radius 3 is 2.92 bits per heavy atom. The molecule has 1 aromatic rings. The van der Waals surface area contributed by atoms with Crippen molar-refractivity contribution in [3.8, 4) is 0 Å². The Bertz CT molecular complexity index is 282. The highest BCUT2D eigenvalue weighted by Crippen LogP contribution is 2.18. The van der Waals surface area contributed by atoms with Crippen LogP contribution in [0.25, 0.3) is 0 Å². The van der Waals surface area contributed by atoms with Gasteiger partial charge < -0.3 is 19.8 Å². The van der Waals surface area contributed by atoms with Gasteiger partial charge in [-0.15, -0.1) is 0 Å². The molecule has 0 aromatic carbocycles. The molecule has 6 nitrogen and oxygen atoms in total. The summed E-state index contributed by atoms with van der Waals surface area (Å²) in [5, 5.41) is 7.38. The van der Waals surface area contributed by atoms with E-state index in [0.29, 0.717) is 18.7 Å². The van der Waals surface area contributed by atoms with Crippen LogP contribution in [0.4, 0.5) is 12.0 Å². The maximum atomic E-state index is 5.32. The summed E-state index contributed by atoms with van der Waals surface area (Å²) in [4.78, 5) is 1.90. The van der Waals surface area contributed by atoms with Crippen LogP contribution in [-0.4, -0.2) is 36.5 Å². The Morgan fingerprint density at radius 2 is 2.38 bits per heavy atom. The maximum Gasteiger partial charge on any atom is 0.319 e. The SMILES string of the molecule is CN(c1nnc(N)o1)C1CCOC1. The van der Waals surface area contributed by atoms with E-state index >= 15 is 0 Å². The van der Waals surface area contributed by atoms with Gasteiger partial charge in [0.25, 0.3) is 0 Å². The molecule has 1 aromatic heterocycles. The Balaban J connectivity index is 2.07. The lowest BCUT2D eigenvalue weighted by molar-refractivity contribution is 0.193. The zero-order valence-electron chi connectivity index (χ0n) is 7.43. The Morgan fingerprint density at radius 1 is 1.54 bits per heavy atom. The lowest BCUT2D eigenvalue weighted by Gasteiger charge is -2.19. The molecule has 0 aliphatic carbocycles. The molecule has 0 spiro atoms. The van der Waals surface area contributed by atoms with Crippen molar-refractivity contribution in [3.05, 3.63) is 0 Å². The average Bonchev–Trinajstić information content (AvgIpc) is 2.72. The third-order valence-corrected chi connectivity index (χ3v) is 2.19. The van der Waals surface area contributed by atoms with Crippen molar-refractivity contribution in [2.75, 3.05) is 30.9 Å². The minimum absolute atomic E-state index is 0.0979. The highest BCUT2D eigenvalue weighted by molar-refractivity contribution is 5.28. The fourth-order valence-corrected chi connectivity index (χ4v) is 1.35. The minimum atomic E-state index is 0.0979. The number of nitrogens with zero attached hydrogens (tertiary/aromatic N) is 3. The standard InChI is InChI=1S/C7H12N4O2/c1-11(5-2-3-12-4-5)7-10-9-6(8)13-7/h5H,2-4H2,1H3,(H2,8,9). The number of nitrogen functional groups attached to an aromatic ring is 1. The molecular formula is C7H12N4O2. The second-order valence-corrected chi connectivity index (χ2v) is 3.05. The fraction of sp³-hybridized carbons (Fsp3) is 0.714. The van der Waals surface area contributed by atoms with E-state index in [0.717, 1.165) is 13.0 Å². The zero-order valence-corrected chi connectivity index (χ0v) is 7.43. The summed E-state index contributed by atoms with van der Waals surface area (Å²) in [7, 11) is 1.90. The lowest BCUT2D eigenvalue weighted by atomic mass is 10.2. The molecule has 0 radical (unpaired) electrons. The van der Waals surface area contributed by atoms with Gasteiger partial charge in [0.1, 0.15) is 0 Å². The van der Waals surface area contributed by atoms with Gasteiger partial charge in [-0.25, -0.2) is 0 Å². The first-order chi connectivity index (χ1) is 6.27. The maximum absolute atomic E-state index is 5.32. The number of ether oxygens (including phenoxy) is 1. The van der Waals surface area contributed by atoms with Crippen LogP contribution in [0.3, 0.4) is 0 Å². The van der Waals surface area contributed by atoms with Gasteiger partial charge in [0.15, 0.2) is 0 Å². The Kier molecular flexibility index (Phi) is 2.05. The molecule has 13 heavy (non-hydrogen) atoms. The summed E-state index contributed by atoms with van der Waals surface area (Å²) < 4.78 is 10.3. The predicted octanol–water partition coefficient (Wildman–Crippen LogP) is -0.123. The summed E-state index contributed by atoms with van der Waals surface area (Å²) in [6.07, 6.45) is 0.985. The normalized spacial score (nSPS) is 22.1. The van der Waals surface area contributed by atoms with Crippen LogP contribution in [0.1, 0.15) is 6.42 Å². The number of hydrogen-bond acceptors (Lipinski definition) is 6. The third kappa shape index (κ3) is 1.57. The van der Waals surface area contributed by atoms with Crippen LogP contribution in [0.15, 0.2) is 4.42 Å². The molecule has 1 aliphatic heterocycles. The number of aromatic nitrogens is 2. The van der Waals surface area contributed by atoms with E-state index in [-0.39, 0.29) is 6.01 Å². The first-order valence-corrected chi connectivity index (χ1v) is 4.17. The van der Waals surface area contributed by atoms with Gasteiger partial charge in [0.2, 0.25) is 0 Å². The van der Waals surface area contributed by atoms with E-state index in [4.69, 9.17) is 14.9 Å². The third-order valence-electron chi connectivity index (χ3n) is 2.19. The van der Waals surface area contributed by atoms with Crippen LogP contribution in [-0.2, 0) is 4.74 Å². The highest BCUT2D eigenvalue weighted by atomic mass is 16.5. The van der Waals surface area contributed by atoms with Crippen molar-refractivity contribution in [1.82, 2.24) is 10.2 Å². The van der Waals surface area contributed by atoms with Gasteiger partial charge in [-0.2, -0.15) is 0 Å². The van der Waals surface area contributed by atoms with E-state index < -0.39 is 0 Å². The molecule has 1 fully saturated rings. The second-order valence-electron chi connectivity index (χ2n) is 3.05. The van der Waals surface area contributed by atoms with Crippen molar-refractivity contribution < 1.29 is 9.15 Å². The molecule has 2 N–H and O–H groups in total. The molecule has 1 atom stereocenters. The highest BCUT2D eigenvalue weighted by Gasteiger charge is 2.23. The second kappa shape index (κ2) is 3.21. The molecule has 1 aliphatic rings. The molecule has 0 saturated carbocycles. The van der Waals surface area contributed by atoms with Gasteiger partial charge in [-0.3, -0.25) is 0 Å². The van der Waals surface area contributed by atoms with Crippen molar-refractivity contribution in [3.63, 3.8) is 0 Å². The van der Waals surface area contributed by atoms with Crippen molar-refractivity contribution >= 4 is 12.0 Å². The largest absolute Gasteiger partial charge is 0.390 e. The van der Waals surface area contributed by atoms with Crippen LogP contribution >= 0.6 is 0 Å². The van der Waals surface area contributed by atoms with E-state index in [1.165, 1.54) is 0 Å². The van der Waals surface area contributed by atoms with Gasteiger partial charge in [0.05, 0.1) is 12.6 Å².